The van der Waals surface area contributed by atoms with E-state index in [2.05, 4.69) is 38.1 Å². The third kappa shape index (κ3) is 4.00. The van der Waals surface area contributed by atoms with Crippen molar-refractivity contribution in [2.75, 3.05) is 5.88 Å². The highest BCUT2D eigenvalue weighted by molar-refractivity contribution is 6.18. The van der Waals surface area contributed by atoms with E-state index < -0.39 is 0 Å². The maximum absolute atomic E-state index is 6.11. The van der Waals surface area contributed by atoms with Gasteiger partial charge in [0.05, 0.1) is 12.2 Å². The molecule has 0 aromatic heterocycles. The lowest BCUT2D eigenvalue weighted by molar-refractivity contribution is 0.0426. The highest BCUT2D eigenvalue weighted by Gasteiger charge is 2.24. The molecular weight excluding hydrogens is 244 g/mol. The van der Waals surface area contributed by atoms with Crippen molar-refractivity contribution in [1.82, 2.24) is 0 Å². The zero-order valence-corrected chi connectivity index (χ0v) is 12.1. The Labute approximate surface area is 115 Å². The lowest BCUT2D eigenvalue weighted by atomic mass is 9.94. The minimum absolute atomic E-state index is 0.425. The van der Waals surface area contributed by atoms with Gasteiger partial charge in [0.15, 0.2) is 0 Å². The van der Waals surface area contributed by atoms with Crippen LogP contribution in [0.2, 0.25) is 0 Å². The lowest BCUT2D eigenvalue weighted by Crippen LogP contribution is -2.17. The van der Waals surface area contributed by atoms with E-state index in [1.165, 1.54) is 24.0 Å². The number of alkyl halides is 1. The largest absolute Gasteiger partial charge is 0.375 e. The SMILES string of the molecule is Cc1ccc(CC(CCl)CC2CCC(C)O2)cc1. The first kappa shape index (κ1) is 13.9. The monoisotopic (exact) mass is 266 g/mol. The molecule has 1 aromatic rings. The van der Waals surface area contributed by atoms with Crippen LogP contribution in [-0.4, -0.2) is 18.1 Å². The van der Waals surface area contributed by atoms with E-state index in [9.17, 15) is 0 Å². The molecule has 1 aliphatic rings. The van der Waals surface area contributed by atoms with Gasteiger partial charge in [-0.3, -0.25) is 0 Å². The van der Waals surface area contributed by atoms with E-state index in [1.807, 2.05) is 0 Å². The molecule has 3 atom stereocenters. The molecule has 1 aliphatic heterocycles. The number of aryl methyl sites for hydroxylation is 1. The summed E-state index contributed by atoms with van der Waals surface area (Å²) in [7, 11) is 0. The number of benzene rings is 1. The fourth-order valence-electron chi connectivity index (χ4n) is 2.69. The number of hydrogen-bond acceptors (Lipinski definition) is 1. The molecule has 3 unspecified atom stereocenters. The molecule has 0 bridgehead atoms. The maximum atomic E-state index is 6.11. The van der Waals surface area contributed by atoms with Gasteiger partial charge < -0.3 is 4.74 Å². The number of ether oxygens (including phenoxy) is 1. The van der Waals surface area contributed by atoms with E-state index in [0.29, 0.717) is 18.1 Å². The number of halogens is 1. The molecule has 0 amide bonds. The normalized spacial score (nSPS) is 25.3. The van der Waals surface area contributed by atoms with Crippen molar-refractivity contribution in [3.8, 4) is 0 Å². The van der Waals surface area contributed by atoms with Gasteiger partial charge >= 0.3 is 0 Å². The summed E-state index contributed by atoms with van der Waals surface area (Å²) in [5, 5.41) is 0. The van der Waals surface area contributed by atoms with Crippen LogP contribution in [0.25, 0.3) is 0 Å². The van der Waals surface area contributed by atoms with Gasteiger partial charge in [-0.25, -0.2) is 0 Å². The van der Waals surface area contributed by atoms with Gasteiger partial charge in [-0.2, -0.15) is 0 Å². The Morgan fingerprint density at radius 3 is 2.56 bits per heavy atom. The first-order valence-electron chi connectivity index (χ1n) is 6.94. The molecule has 2 heteroatoms. The van der Waals surface area contributed by atoms with Crippen LogP contribution in [0.15, 0.2) is 24.3 Å². The molecule has 0 aliphatic carbocycles. The molecule has 0 N–H and O–H groups in total. The molecule has 0 spiro atoms. The van der Waals surface area contributed by atoms with Gasteiger partial charge in [0.2, 0.25) is 0 Å². The van der Waals surface area contributed by atoms with E-state index in [1.54, 1.807) is 0 Å². The molecule has 1 aromatic carbocycles. The predicted molar refractivity (Wildman–Crippen MR) is 77.3 cm³/mol. The van der Waals surface area contributed by atoms with Crippen LogP contribution in [0.3, 0.4) is 0 Å². The van der Waals surface area contributed by atoms with Crippen molar-refractivity contribution in [3.05, 3.63) is 35.4 Å². The molecule has 1 saturated heterocycles. The Balaban J connectivity index is 1.87. The van der Waals surface area contributed by atoms with Crippen LogP contribution in [0, 0.1) is 12.8 Å². The van der Waals surface area contributed by atoms with Crippen LogP contribution in [0.4, 0.5) is 0 Å². The summed E-state index contributed by atoms with van der Waals surface area (Å²) in [6, 6.07) is 8.78. The standard InChI is InChI=1S/C16H23ClO/c1-12-3-6-14(7-4-12)9-15(11-17)10-16-8-5-13(2)18-16/h3-4,6-7,13,15-16H,5,8-11H2,1-2H3. The third-order valence-electron chi connectivity index (χ3n) is 3.78. The van der Waals surface area contributed by atoms with Gasteiger partial charge in [0.25, 0.3) is 0 Å². The van der Waals surface area contributed by atoms with Crippen LogP contribution in [0.1, 0.15) is 37.3 Å². The Morgan fingerprint density at radius 1 is 1.28 bits per heavy atom. The second kappa shape index (κ2) is 6.58. The maximum Gasteiger partial charge on any atom is 0.0582 e. The summed E-state index contributed by atoms with van der Waals surface area (Å²) in [5.74, 6) is 1.26. The molecule has 0 saturated carbocycles. The Kier molecular flexibility index (Phi) is 5.08. The highest BCUT2D eigenvalue weighted by atomic mass is 35.5. The summed E-state index contributed by atoms with van der Waals surface area (Å²) >= 11 is 6.11. The van der Waals surface area contributed by atoms with Crippen molar-refractivity contribution >= 4 is 11.6 Å². The topological polar surface area (TPSA) is 9.23 Å². The van der Waals surface area contributed by atoms with E-state index in [0.717, 1.165) is 18.7 Å². The summed E-state index contributed by atoms with van der Waals surface area (Å²) < 4.78 is 5.89. The van der Waals surface area contributed by atoms with Crippen molar-refractivity contribution < 1.29 is 4.74 Å². The minimum atomic E-state index is 0.425. The second-order valence-electron chi connectivity index (χ2n) is 5.59. The summed E-state index contributed by atoms with van der Waals surface area (Å²) in [4.78, 5) is 0. The molecule has 18 heavy (non-hydrogen) atoms. The van der Waals surface area contributed by atoms with Crippen molar-refractivity contribution in [2.24, 2.45) is 5.92 Å². The Morgan fingerprint density at radius 2 is 2.00 bits per heavy atom. The average Bonchev–Trinajstić information content (AvgIpc) is 2.77. The quantitative estimate of drug-likeness (QED) is 0.720. The van der Waals surface area contributed by atoms with Gasteiger partial charge in [-0.15, -0.1) is 11.6 Å². The summed E-state index contributed by atoms with van der Waals surface area (Å²) in [6.07, 6.45) is 5.42. The van der Waals surface area contributed by atoms with E-state index >= 15 is 0 Å². The van der Waals surface area contributed by atoms with Crippen molar-refractivity contribution in [2.45, 2.75) is 51.7 Å². The third-order valence-corrected chi connectivity index (χ3v) is 4.22. The minimum Gasteiger partial charge on any atom is -0.375 e. The molecule has 1 fully saturated rings. The van der Waals surface area contributed by atoms with Crippen LogP contribution in [0.5, 0.6) is 0 Å². The van der Waals surface area contributed by atoms with E-state index in [-0.39, 0.29) is 0 Å². The van der Waals surface area contributed by atoms with Gasteiger partial charge in [0, 0.05) is 5.88 Å². The molecule has 1 nitrogen and oxygen atoms in total. The summed E-state index contributed by atoms with van der Waals surface area (Å²) in [6.45, 7) is 4.28. The number of hydrogen-bond donors (Lipinski definition) is 0. The average molecular weight is 267 g/mol. The fraction of sp³-hybridized carbons (Fsp3) is 0.625. The number of rotatable bonds is 5. The molecule has 0 radical (unpaired) electrons. The Bertz CT molecular complexity index is 360. The molecular formula is C16H23ClO. The zero-order chi connectivity index (χ0) is 13.0. The first-order valence-corrected chi connectivity index (χ1v) is 7.47. The van der Waals surface area contributed by atoms with Crippen LogP contribution < -0.4 is 0 Å². The van der Waals surface area contributed by atoms with Gasteiger partial charge in [-0.05, 0) is 51.0 Å². The molecule has 1 heterocycles. The fourth-order valence-corrected chi connectivity index (χ4v) is 2.92. The second-order valence-corrected chi connectivity index (χ2v) is 5.90. The zero-order valence-electron chi connectivity index (χ0n) is 11.4. The first-order chi connectivity index (χ1) is 8.67. The van der Waals surface area contributed by atoms with E-state index in [4.69, 9.17) is 16.3 Å². The van der Waals surface area contributed by atoms with Crippen LogP contribution >= 0.6 is 11.6 Å². The lowest BCUT2D eigenvalue weighted by Gasteiger charge is -2.19. The van der Waals surface area contributed by atoms with Gasteiger partial charge in [-0.1, -0.05) is 29.8 Å². The molecule has 100 valence electrons. The molecule has 2 rings (SSSR count). The van der Waals surface area contributed by atoms with Crippen molar-refractivity contribution in [1.29, 1.82) is 0 Å². The predicted octanol–water partition coefficient (Wildman–Crippen LogP) is 4.35. The summed E-state index contributed by atoms with van der Waals surface area (Å²) in [5.41, 5.74) is 2.70. The van der Waals surface area contributed by atoms with Crippen molar-refractivity contribution in [3.63, 3.8) is 0 Å². The van der Waals surface area contributed by atoms with Gasteiger partial charge in [0.1, 0.15) is 0 Å². The smallest absolute Gasteiger partial charge is 0.0582 e. The van der Waals surface area contributed by atoms with Crippen LogP contribution in [-0.2, 0) is 11.2 Å². The Hall–Kier alpha value is -0.530. The highest BCUT2D eigenvalue weighted by Crippen LogP contribution is 2.26.